The molecule has 2 rings (SSSR count). The number of esters is 1. The molecule has 0 aliphatic rings. The molecule has 0 saturated carbocycles. The summed E-state index contributed by atoms with van der Waals surface area (Å²) in [7, 11) is 0. The van der Waals surface area contributed by atoms with E-state index in [-0.39, 0.29) is 17.1 Å². The minimum Gasteiger partial charge on any atom is -0.422 e. The van der Waals surface area contributed by atoms with Crippen LogP contribution < -0.4 is 10.5 Å². The van der Waals surface area contributed by atoms with Gasteiger partial charge in [0.1, 0.15) is 5.75 Å². The van der Waals surface area contributed by atoms with Gasteiger partial charge in [0.2, 0.25) is 0 Å². The summed E-state index contributed by atoms with van der Waals surface area (Å²) < 4.78 is 44.0. The zero-order valence-corrected chi connectivity index (χ0v) is 11.0. The highest BCUT2D eigenvalue weighted by atomic mass is 19.4. The summed E-state index contributed by atoms with van der Waals surface area (Å²) in [6.07, 6.45) is -3.22. The molecule has 1 aromatic heterocycles. The van der Waals surface area contributed by atoms with E-state index in [9.17, 15) is 18.0 Å². The standard InChI is InChI=1S/C13H12F3N3O2/c1-2-19-11(10(17)7-18-19)12(20)21-9-5-3-4-8(6-9)13(14,15)16/h3-7H,2,17H2,1H3. The van der Waals surface area contributed by atoms with Crippen LogP contribution in [-0.4, -0.2) is 15.7 Å². The van der Waals surface area contributed by atoms with E-state index in [4.69, 9.17) is 10.5 Å². The molecule has 0 aliphatic heterocycles. The quantitative estimate of drug-likeness (QED) is 0.699. The molecule has 0 fully saturated rings. The Bertz CT molecular complexity index is 665. The number of nitrogens with zero attached hydrogens (tertiary/aromatic N) is 2. The smallest absolute Gasteiger partial charge is 0.416 e. The number of carbonyl (C=O) groups excluding carboxylic acids is 1. The van der Waals surface area contributed by atoms with Crippen molar-refractivity contribution in [3.05, 3.63) is 41.7 Å². The molecule has 112 valence electrons. The fraction of sp³-hybridized carbons (Fsp3) is 0.231. The van der Waals surface area contributed by atoms with E-state index < -0.39 is 17.7 Å². The molecule has 2 N–H and O–H groups in total. The van der Waals surface area contributed by atoms with Gasteiger partial charge in [0, 0.05) is 6.54 Å². The Hall–Kier alpha value is -2.51. The minimum atomic E-state index is -4.51. The van der Waals surface area contributed by atoms with Crippen LogP contribution in [0.2, 0.25) is 0 Å². The third-order valence-corrected chi connectivity index (χ3v) is 2.73. The lowest BCUT2D eigenvalue weighted by Crippen LogP contribution is -2.17. The lowest BCUT2D eigenvalue weighted by Gasteiger charge is -2.10. The zero-order valence-electron chi connectivity index (χ0n) is 11.0. The predicted octanol–water partition coefficient (Wildman–Crippen LogP) is 2.72. The Morgan fingerprint density at radius 1 is 1.43 bits per heavy atom. The molecule has 0 bridgehead atoms. The molecule has 0 saturated heterocycles. The van der Waals surface area contributed by atoms with Crippen LogP contribution in [0.5, 0.6) is 5.75 Å². The van der Waals surface area contributed by atoms with Crippen molar-refractivity contribution in [2.45, 2.75) is 19.6 Å². The average molecular weight is 299 g/mol. The average Bonchev–Trinajstić information content (AvgIpc) is 2.79. The van der Waals surface area contributed by atoms with Crippen molar-refractivity contribution in [3.63, 3.8) is 0 Å². The molecule has 0 atom stereocenters. The van der Waals surface area contributed by atoms with E-state index in [1.165, 1.54) is 16.9 Å². The van der Waals surface area contributed by atoms with Crippen LogP contribution in [0.25, 0.3) is 0 Å². The third kappa shape index (κ3) is 3.15. The predicted molar refractivity (Wildman–Crippen MR) is 68.7 cm³/mol. The van der Waals surface area contributed by atoms with Crippen molar-refractivity contribution in [2.75, 3.05) is 5.73 Å². The van der Waals surface area contributed by atoms with E-state index in [0.29, 0.717) is 6.54 Å². The molecule has 0 spiro atoms. The number of rotatable bonds is 3. The zero-order chi connectivity index (χ0) is 15.6. The number of ether oxygens (including phenoxy) is 1. The van der Waals surface area contributed by atoms with Crippen molar-refractivity contribution in [1.82, 2.24) is 9.78 Å². The summed E-state index contributed by atoms with van der Waals surface area (Å²) >= 11 is 0. The number of halogens is 3. The van der Waals surface area contributed by atoms with Gasteiger partial charge in [0.25, 0.3) is 0 Å². The molecule has 0 aliphatic carbocycles. The Morgan fingerprint density at radius 3 is 2.76 bits per heavy atom. The van der Waals surface area contributed by atoms with Crippen LogP contribution in [0.15, 0.2) is 30.5 Å². The molecular formula is C13H12F3N3O2. The summed E-state index contributed by atoms with van der Waals surface area (Å²) in [5.41, 5.74) is 4.82. The van der Waals surface area contributed by atoms with Crippen LogP contribution in [0.3, 0.4) is 0 Å². The number of nitrogen functional groups attached to an aromatic ring is 1. The number of hydrogen-bond acceptors (Lipinski definition) is 4. The summed E-state index contributed by atoms with van der Waals surface area (Å²) in [5.74, 6) is -1.07. The maximum Gasteiger partial charge on any atom is 0.416 e. The molecule has 21 heavy (non-hydrogen) atoms. The fourth-order valence-electron chi connectivity index (χ4n) is 1.75. The van der Waals surface area contributed by atoms with Crippen LogP contribution >= 0.6 is 0 Å². The maximum atomic E-state index is 12.6. The number of alkyl halides is 3. The summed E-state index contributed by atoms with van der Waals surface area (Å²) in [5, 5.41) is 3.86. The first-order valence-electron chi connectivity index (χ1n) is 6.03. The van der Waals surface area contributed by atoms with Crippen molar-refractivity contribution in [1.29, 1.82) is 0 Å². The lowest BCUT2D eigenvalue weighted by atomic mass is 10.2. The normalized spacial score (nSPS) is 11.4. The van der Waals surface area contributed by atoms with Gasteiger partial charge in [0.15, 0.2) is 5.69 Å². The first-order valence-corrected chi connectivity index (χ1v) is 6.03. The topological polar surface area (TPSA) is 70.1 Å². The fourth-order valence-corrected chi connectivity index (χ4v) is 1.75. The molecule has 0 unspecified atom stereocenters. The van der Waals surface area contributed by atoms with Crippen LogP contribution in [0.1, 0.15) is 23.0 Å². The minimum absolute atomic E-state index is 0.00918. The Balaban J connectivity index is 2.26. The van der Waals surface area contributed by atoms with Crippen LogP contribution in [0.4, 0.5) is 18.9 Å². The highest BCUT2D eigenvalue weighted by Crippen LogP contribution is 2.31. The molecule has 5 nitrogen and oxygen atoms in total. The van der Waals surface area contributed by atoms with Gasteiger partial charge in [-0.3, -0.25) is 4.68 Å². The second-order valence-electron chi connectivity index (χ2n) is 4.18. The van der Waals surface area contributed by atoms with Gasteiger partial charge >= 0.3 is 12.1 Å². The summed E-state index contributed by atoms with van der Waals surface area (Å²) in [6.45, 7) is 2.12. The van der Waals surface area contributed by atoms with Crippen molar-refractivity contribution in [3.8, 4) is 5.75 Å². The Kier molecular flexibility index (Phi) is 3.88. The van der Waals surface area contributed by atoms with E-state index in [2.05, 4.69) is 5.10 Å². The largest absolute Gasteiger partial charge is 0.422 e. The molecule has 1 heterocycles. The van der Waals surface area contributed by atoms with Crippen LogP contribution in [0, 0.1) is 0 Å². The number of hydrogen-bond donors (Lipinski definition) is 1. The second-order valence-corrected chi connectivity index (χ2v) is 4.18. The summed E-state index contributed by atoms with van der Waals surface area (Å²) in [4.78, 5) is 12.0. The van der Waals surface area contributed by atoms with Gasteiger partial charge in [-0.1, -0.05) is 6.07 Å². The molecule has 0 amide bonds. The van der Waals surface area contributed by atoms with E-state index in [1.54, 1.807) is 6.92 Å². The van der Waals surface area contributed by atoms with E-state index in [1.807, 2.05) is 0 Å². The van der Waals surface area contributed by atoms with Gasteiger partial charge in [0.05, 0.1) is 17.4 Å². The molecule has 1 aromatic carbocycles. The van der Waals surface area contributed by atoms with Crippen molar-refractivity contribution < 1.29 is 22.7 Å². The van der Waals surface area contributed by atoms with E-state index >= 15 is 0 Å². The number of aromatic nitrogens is 2. The highest BCUT2D eigenvalue weighted by Gasteiger charge is 2.31. The molecule has 2 aromatic rings. The Labute approximate surface area is 118 Å². The monoisotopic (exact) mass is 299 g/mol. The molecule has 0 radical (unpaired) electrons. The van der Waals surface area contributed by atoms with Gasteiger partial charge < -0.3 is 10.5 Å². The number of anilines is 1. The number of carbonyl (C=O) groups is 1. The first-order chi connectivity index (χ1) is 9.82. The third-order valence-electron chi connectivity index (χ3n) is 2.73. The Morgan fingerprint density at radius 2 is 2.14 bits per heavy atom. The second kappa shape index (κ2) is 5.47. The van der Waals surface area contributed by atoms with E-state index in [0.717, 1.165) is 18.2 Å². The first kappa shape index (κ1) is 14.9. The van der Waals surface area contributed by atoms with Crippen molar-refractivity contribution in [2.24, 2.45) is 0 Å². The number of aryl methyl sites for hydroxylation is 1. The highest BCUT2D eigenvalue weighted by molar-refractivity contribution is 5.94. The molecular weight excluding hydrogens is 287 g/mol. The van der Waals surface area contributed by atoms with Gasteiger partial charge in [-0.15, -0.1) is 0 Å². The molecule has 8 heteroatoms. The lowest BCUT2D eigenvalue weighted by molar-refractivity contribution is -0.137. The SMILES string of the molecule is CCn1ncc(N)c1C(=O)Oc1cccc(C(F)(F)F)c1. The number of nitrogens with two attached hydrogens (primary N) is 1. The summed E-state index contributed by atoms with van der Waals surface area (Å²) in [6, 6.07) is 4.06. The van der Waals surface area contributed by atoms with Gasteiger partial charge in [-0.2, -0.15) is 18.3 Å². The van der Waals surface area contributed by atoms with Gasteiger partial charge in [-0.25, -0.2) is 4.79 Å². The van der Waals surface area contributed by atoms with Crippen molar-refractivity contribution >= 4 is 11.7 Å². The number of benzene rings is 1. The maximum absolute atomic E-state index is 12.6. The van der Waals surface area contributed by atoms with Crippen LogP contribution in [-0.2, 0) is 12.7 Å². The van der Waals surface area contributed by atoms with Gasteiger partial charge in [-0.05, 0) is 25.1 Å².